The minimum atomic E-state index is -1.19. The highest BCUT2D eigenvalue weighted by molar-refractivity contribution is 5.93. The van der Waals surface area contributed by atoms with E-state index in [1.54, 1.807) is 12.1 Å². The number of nitrogens with one attached hydrogen (secondary N) is 1. The summed E-state index contributed by atoms with van der Waals surface area (Å²) in [5.74, 6) is -1.74. The summed E-state index contributed by atoms with van der Waals surface area (Å²) >= 11 is 0. The zero-order chi connectivity index (χ0) is 13.5. The molecule has 0 aliphatic carbocycles. The molecule has 5 nitrogen and oxygen atoms in total. The highest BCUT2D eigenvalue weighted by atomic mass is 16.4. The SMILES string of the molecule is Cc1ccc(C(O)CNC(=O)C=CC(=O)O)cc1. The van der Waals surface area contributed by atoms with Crippen LogP contribution in [0.4, 0.5) is 0 Å². The number of hydrogen-bond donors (Lipinski definition) is 3. The predicted molar refractivity (Wildman–Crippen MR) is 65.9 cm³/mol. The Hall–Kier alpha value is -2.14. The maximum atomic E-state index is 11.2. The van der Waals surface area contributed by atoms with E-state index in [1.165, 1.54) is 0 Å². The Bertz CT molecular complexity index is 451. The van der Waals surface area contributed by atoms with E-state index >= 15 is 0 Å². The van der Waals surface area contributed by atoms with Crippen molar-refractivity contribution in [1.82, 2.24) is 5.32 Å². The number of aliphatic carboxylic acids is 1. The van der Waals surface area contributed by atoms with Gasteiger partial charge in [0.05, 0.1) is 6.10 Å². The van der Waals surface area contributed by atoms with Crippen LogP contribution in [0.5, 0.6) is 0 Å². The van der Waals surface area contributed by atoms with Crippen molar-refractivity contribution in [2.45, 2.75) is 13.0 Å². The smallest absolute Gasteiger partial charge is 0.328 e. The van der Waals surface area contributed by atoms with E-state index in [1.807, 2.05) is 19.1 Å². The summed E-state index contributed by atoms with van der Waals surface area (Å²) < 4.78 is 0. The fraction of sp³-hybridized carbons (Fsp3) is 0.231. The minimum Gasteiger partial charge on any atom is -0.478 e. The van der Waals surface area contributed by atoms with Gasteiger partial charge in [-0.2, -0.15) is 0 Å². The number of rotatable bonds is 5. The molecule has 0 spiro atoms. The molecule has 1 amide bonds. The minimum absolute atomic E-state index is 0.0336. The van der Waals surface area contributed by atoms with Crippen molar-refractivity contribution >= 4 is 11.9 Å². The summed E-state index contributed by atoms with van der Waals surface area (Å²) in [4.78, 5) is 21.3. The second-order valence-electron chi connectivity index (χ2n) is 3.84. The van der Waals surface area contributed by atoms with E-state index in [4.69, 9.17) is 5.11 Å². The van der Waals surface area contributed by atoms with E-state index in [9.17, 15) is 14.7 Å². The van der Waals surface area contributed by atoms with E-state index < -0.39 is 18.0 Å². The van der Waals surface area contributed by atoms with Crippen LogP contribution in [-0.2, 0) is 9.59 Å². The number of aliphatic hydroxyl groups is 1. The number of aryl methyl sites for hydroxylation is 1. The third kappa shape index (κ3) is 4.80. The van der Waals surface area contributed by atoms with Gasteiger partial charge < -0.3 is 15.5 Å². The zero-order valence-corrected chi connectivity index (χ0v) is 9.96. The van der Waals surface area contributed by atoms with Crippen molar-refractivity contribution in [2.24, 2.45) is 0 Å². The van der Waals surface area contributed by atoms with Gasteiger partial charge in [0.15, 0.2) is 0 Å². The van der Waals surface area contributed by atoms with Crippen LogP contribution >= 0.6 is 0 Å². The molecular formula is C13H15NO4. The molecule has 0 saturated heterocycles. The highest BCUT2D eigenvalue weighted by Gasteiger charge is 2.07. The normalized spacial score (nSPS) is 12.3. The number of aliphatic hydroxyl groups excluding tert-OH is 1. The summed E-state index contributed by atoms with van der Waals surface area (Å²) in [6, 6.07) is 7.29. The molecule has 0 saturated carbocycles. The summed E-state index contributed by atoms with van der Waals surface area (Å²) in [6.45, 7) is 1.97. The van der Waals surface area contributed by atoms with Gasteiger partial charge in [-0.25, -0.2) is 4.79 Å². The average molecular weight is 249 g/mol. The first-order valence-electron chi connectivity index (χ1n) is 5.42. The average Bonchev–Trinajstić information content (AvgIpc) is 2.34. The molecule has 5 heteroatoms. The third-order valence-electron chi connectivity index (χ3n) is 2.31. The standard InChI is InChI=1S/C13H15NO4/c1-9-2-4-10(5-3-9)11(15)8-14-12(16)6-7-13(17)18/h2-7,11,15H,8H2,1H3,(H,14,16)(H,17,18). The number of amides is 1. The van der Waals surface area contributed by atoms with Crippen LogP contribution in [0.2, 0.25) is 0 Å². The molecule has 18 heavy (non-hydrogen) atoms. The van der Waals surface area contributed by atoms with Crippen LogP contribution in [-0.4, -0.2) is 28.6 Å². The predicted octanol–water partition coefficient (Wildman–Crippen LogP) is 0.785. The van der Waals surface area contributed by atoms with Crippen LogP contribution in [0.3, 0.4) is 0 Å². The molecule has 0 bridgehead atoms. The van der Waals surface area contributed by atoms with Crippen molar-refractivity contribution in [1.29, 1.82) is 0 Å². The zero-order valence-electron chi connectivity index (χ0n) is 9.96. The Morgan fingerprint density at radius 3 is 2.44 bits per heavy atom. The monoisotopic (exact) mass is 249 g/mol. The molecule has 1 atom stereocenters. The topological polar surface area (TPSA) is 86.6 Å². The first-order chi connectivity index (χ1) is 8.49. The number of carbonyl (C=O) groups is 2. The maximum absolute atomic E-state index is 11.2. The Kier molecular flexibility index (Phi) is 5.07. The van der Waals surface area contributed by atoms with Crippen LogP contribution in [0.1, 0.15) is 17.2 Å². The van der Waals surface area contributed by atoms with Gasteiger partial charge in [0, 0.05) is 18.7 Å². The summed E-state index contributed by atoms with van der Waals surface area (Å²) in [5.41, 5.74) is 1.78. The first kappa shape index (κ1) is 13.9. The number of carboxylic acid groups (broad SMARTS) is 1. The van der Waals surface area contributed by atoms with Crippen molar-refractivity contribution in [3.05, 3.63) is 47.5 Å². The molecular weight excluding hydrogens is 234 g/mol. The number of carboxylic acids is 1. The highest BCUT2D eigenvalue weighted by Crippen LogP contribution is 2.12. The van der Waals surface area contributed by atoms with Crippen LogP contribution in [0.15, 0.2) is 36.4 Å². The van der Waals surface area contributed by atoms with Gasteiger partial charge in [-0.15, -0.1) is 0 Å². The summed E-state index contributed by atoms with van der Waals surface area (Å²) in [5, 5.41) is 20.5. The van der Waals surface area contributed by atoms with Crippen LogP contribution < -0.4 is 5.32 Å². The Balaban J connectivity index is 2.46. The van der Waals surface area contributed by atoms with Gasteiger partial charge in [-0.05, 0) is 12.5 Å². The Morgan fingerprint density at radius 2 is 1.89 bits per heavy atom. The molecule has 0 aliphatic heterocycles. The van der Waals surface area contributed by atoms with Gasteiger partial charge in [0.2, 0.25) is 5.91 Å². The second kappa shape index (κ2) is 6.56. The van der Waals surface area contributed by atoms with Gasteiger partial charge in [0.25, 0.3) is 0 Å². The van der Waals surface area contributed by atoms with E-state index in [0.29, 0.717) is 5.56 Å². The lowest BCUT2D eigenvalue weighted by atomic mass is 10.1. The molecule has 0 radical (unpaired) electrons. The van der Waals surface area contributed by atoms with Gasteiger partial charge in [-0.1, -0.05) is 29.8 Å². The maximum Gasteiger partial charge on any atom is 0.328 e. The molecule has 3 N–H and O–H groups in total. The van der Waals surface area contributed by atoms with E-state index in [0.717, 1.165) is 17.7 Å². The molecule has 96 valence electrons. The van der Waals surface area contributed by atoms with Crippen molar-refractivity contribution < 1.29 is 19.8 Å². The van der Waals surface area contributed by atoms with Crippen molar-refractivity contribution in [3.63, 3.8) is 0 Å². The fourth-order valence-corrected chi connectivity index (χ4v) is 1.31. The number of benzene rings is 1. The fourth-order valence-electron chi connectivity index (χ4n) is 1.31. The number of hydrogen-bond acceptors (Lipinski definition) is 3. The molecule has 0 fully saturated rings. The molecule has 1 aromatic rings. The van der Waals surface area contributed by atoms with E-state index in [-0.39, 0.29) is 6.54 Å². The van der Waals surface area contributed by atoms with Gasteiger partial charge >= 0.3 is 5.97 Å². The second-order valence-corrected chi connectivity index (χ2v) is 3.84. The molecule has 0 aromatic heterocycles. The first-order valence-corrected chi connectivity index (χ1v) is 5.42. The van der Waals surface area contributed by atoms with Gasteiger partial charge in [0.1, 0.15) is 0 Å². The quantitative estimate of drug-likeness (QED) is 0.673. The molecule has 1 unspecified atom stereocenters. The molecule has 0 heterocycles. The lowest BCUT2D eigenvalue weighted by Crippen LogP contribution is -2.26. The summed E-state index contributed by atoms with van der Waals surface area (Å²) in [6.07, 6.45) is 0.838. The van der Waals surface area contributed by atoms with E-state index in [2.05, 4.69) is 5.32 Å². The number of carbonyl (C=O) groups excluding carboxylic acids is 1. The molecule has 1 rings (SSSR count). The van der Waals surface area contributed by atoms with Gasteiger partial charge in [-0.3, -0.25) is 4.79 Å². The summed E-state index contributed by atoms with van der Waals surface area (Å²) in [7, 11) is 0. The van der Waals surface area contributed by atoms with Crippen molar-refractivity contribution in [2.75, 3.05) is 6.54 Å². The Labute approximate surface area is 105 Å². The van der Waals surface area contributed by atoms with Crippen LogP contribution in [0.25, 0.3) is 0 Å². The molecule has 1 aromatic carbocycles. The van der Waals surface area contributed by atoms with Crippen molar-refractivity contribution in [3.8, 4) is 0 Å². The lowest BCUT2D eigenvalue weighted by Gasteiger charge is -2.11. The largest absolute Gasteiger partial charge is 0.478 e. The lowest BCUT2D eigenvalue weighted by molar-refractivity contribution is -0.131. The molecule has 0 aliphatic rings. The Morgan fingerprint density at radius 1 is 1.28 bits per heavy atom. The third-order valence-corrected chi connectivity index (χ3v) is 2.31. The van der Waals surface area contributed by atoms with Crippen LogP contribution in [0, 0.1) is 6.92 Å².